The normalized spacial score (nSPS) is 13.9. The lowest BCUT2D eigenvalue weighted by Gasteiger charge is -2.14. The van der Waals surface area contributed by atoms with E-state index in [4.69, 9.17) is 32.7 Å². The number of ether oxygens (including phenoxy) is 2. The van der Waals surface area contributed by atoms with Crippen molar-refractivity contribution in [1.29, 1.82) is 0 Å². The molecule has 0 bridgehead atoms. The molecule has 1 fully saturated rings. The predicted octanol–water partition coefficient (Wildman–Crippen LogP) is 4.83. The molecule has 2 aromatic carbocycles. The first kappa shape index (κ1) is 16.4. The SMILES string of the molecule is COc1cc(CNC2CC2)c(Cl)cc1OCc1cccc(Cl)c1. The highest BCUT2D eigenvalue weighted by Crippen LogP contribution is 2.34. The van der Waals surface area contributed by atoms with E-state index in [0.717, 1.165) is 17.7 Å². The number of nitrogens with one attached hydrogen (secondary N) is 1. The molecule has 5 heteroatoms. The fourth-order valence-corrected chi connectivity index (χ4v) is 2.75. The van der Waals surface area contributed by atoms with Gasteiger partial charge in [0.1, 0.15) is 6.61 Å². The van der Waals surface area contributed by atoms with Crippen LogP contribution in [0.1, 0.15) is 24.0 Å². The van der Waals surface area contributed by atoms with Crippen LogP contribution in [0.15, 0.2) is 36.4 Å². The predicted molar refractivity (Wildman–Crippen MR) is 93.6 cm³/mol. The van der Waals surface area contributed by atoms with Crippen molar-refractivity contribution in [2.24, 2.45) is 0 Å². The van der Waals surface area contributed by atoms with Crippen LogP contribution >= 0.6 is 23.2 Å². The Morgan fingerprint density at radius 2 is 1.96 bits per heavy atom. The summed E-state index contributed by atoms with van der Waals surface area (Å²) >= 11 is 12.4. The van der Waals surface area contributed by atoms with Crippen molar-refractivity contribution in [1.82, 2.24) is 5.32 Å². The van der Waals surface area contributed by atoms with E-state index in [0.29, 0.717) is 34.2 Å². The summed E-state index contributed by atoms with van der Waals surface area (Å²) in [6.45, 7) is 1.15. The Morgan fingerprint density at radius 3 is 2.65 bits per heavy atom. The van der Waals surface area contributed by atoms with Crippen LogP contribution in [0.25, 0.3) is 0 Å². The van der Waals surface area contributed by atoms with E-state index in [2.05, 4.69) is 5.32 Å². The molecule has 2 aromatic rings. The lowest BCUT2D eigenvalue weighted by molar-refractivity contribution is 0.284. The summed E-state index contributed by atoms with van der Waals surface area (Å²) in [7, 11) is 1.63. The molecule has 23 heavy (non-hydrogen) atoms. The second-order valence-electron chi connectivity index (χ2n) is 5.67. The van der Waals surface area contributed by atoms with Crippen molar-refractivity contribution in [3.63, 3.8) is 0 Å². The van der Waals surface area contributed by atoms with Gasteiger partial charge in [0.15, 0.2) is 11.5 Å². The van der Waals surface area contributed by atoms with Crippen LogP contribution in [0.5, 0.6) is 11.5 Å². The zero-order valence-corrected chi connectivity index (χ0v) is 14.5. The quantitative estimate of drug-likeness (QED) is 0.774. The van der Waals surface area contributed by atoms with Gasteiger partial charge in [0.05, 0.1) is 7.11 Å². The molecular formula is C18H19Cl2NO2. The van der Waals surface area contributed by atoms with Crippen molar-refractivity contribution >= 4 is 23.2 Å². The van der Waals surface area contributed by atoms with Crippen LogP contribution < -0.4 is 14.8 Å². The third-order valence-electron chi connectivity index (χ3n) is 3.77. The number of rotatable bonds is 7. The van der Waals surface area contributed by atoms with Crippen LogP contribution in [0.3, 0.4) is 0 Å². The number of halogens is 2. The molecule has 0 heterocycles. The standard InChI is InChI=1S/C18H19Cl2NO2/c1-22-17-8-13(10-21-15-5-6-15)16(20)9-18(17)23-11-12-3-2-4-14(19)7-12/h2-4,7-9,15,21H,5-6,10-11H2,1H3. The summed E-state index contributed by atoms with van der Waals surface area (Å²) in [6.07, 6.45) is 2.49. The van der Waals surface area contributed by atoms with Gasteiger partial charge in [0.2, 0.25) is 0 Å². The second-order valence-corrected chi connectivity index (χ2v) is 6.51. The van der Waals surface area contributed by atoms with E-state index in [-0.39, 0.29) is 0 Å². The zero-order valence-electron chi connectivity index (χ0n) is 12.9. The average Bonchev–Trinajstić information content (AvgIpc) is 3.36. The molecule has 0 atom stereocenters. The minimum atomic E-state index is 0.410. The van der Waals surface area contributed by atoms with Crippen molar-refractivity contribution in [3.8, 4) is 11.5 Å². The van der Waals surface area contributed by atoms with Crippen molar-refractivity contribution in [2.45, 2.75) is 32.0 Å². The number of hydrogen-bond acceptors (Lipinski definition) is 3. The molecule has 3 nitrogen and oxygen atoms in total. The molecular weight excluding hydrogens is 333 g/mol. The summed E-state index contributed by atoms with van der Waals surface area (Å²) in [5.74, 6) is 1.32. The number of hydrogen-bond donors (Lipinski definition) is 1. The van der Waals surface area contributed by atoms with Crippen molar-refractivity contribution < 1.29 is 9.47 Å². The highest BCUT2D eigenvalue weighted by atomic mass is 35.5. The van der Waals surface area contributed by atoms with E-state index in [1.54, 1.807) is 7.11 Å². The van der Waals surface area contributed by atoms with Crippen molar-refractivity contribution in [3.05, 3.63) is 57.6 Å². The Bertz CT molecular complexity index is 687. The van der Waals surface area contributed by atoms with Crippen LogP contribution in [-0.2, 0) is 13.2 Å². The molecule has 0 aliphatic heterocycles. The fourth-order valence-electron chi connectivity index (χ4n) is 2.31. The maximum Gasteiger partial charge on any atom is 0.163 e. The molecule has 1 aliphatic carbocycles. The zero-order chi connectivity index (χ0) is 16.2. The Balaban J connectivity index is 1.71. The molecule has 1 N–H and O–H groups in total. The number of benzene rings is 2. The highest BCUT2D eigenvalue weighted by molar-refractivity contribution is 6.31. The van der Waals surface area contributed by atoms with E-state index < -0.39 is 0 Å². The molecule has 1 saturated carbocycles. The van der Waals surface area contributed by atoms with Crippen LogP contribution in [0.2, 0.25) is 10.0 Å². The van der Waals surface area contributed by atoms with Gasteiger partial charge in [-0.05, 0) is 42.2 Å². The van der Waals surface area contributed by atoms with Gasteiger partial charge in [-0.3, -0.25) is 0 Å². The van der Waals surface area contributed by atoms with E-state index >= 15 is 0 Å². The van der Waals surface area contributed by atoms with Gasteiger partial charge in [0.25, 0.3) is 0 Å². The summed E-state index contributed by atoms with van der Waals surface area (Å²) in [6, 6.07) is 12.0. The third kappa shape index (κ3) is 4.54. The van der Waals surface area contributed by atoms with Gasteiger partial charge in [-0.25, -0.2) is 0 Å². The number of methoxy groups -OCH3 is 1. The first-order chi connectivity index (χ1) is 11.2. The third-order valence-corrected chi connectivity index (χ3v) is 4.36. The van der Waals surface area contributed by atoms with Gasteiger partial charge in [-0.2, -0.15) is 0 Å². The average molecular weight is 352 g/mol. The molecule has 0 aromatic heterocycles. The van der Waals surface area contributed by atoms with Gasteiger partial charge >= 0.3 is 0 Å². The van der Waals surface area contributed by atoms with Crippen molar-refractivity contribution in [2.75, 3.05) is 7.11 Å². The molecule has 0 radical (unpaired) electrons. The molecule has 122 valence electrons. The van der Waals surface area contributed by atoms with Gasteiger partial charge in [0, 0.05) is 28.7 Å². The molecule has 0 amide bonds. The molecule has 3 rings (SSSR count). The second kappa shape index (κ2) is 7.43. The van der Waals surface area contributed by atoms with E-state index in [1.165, 1.54) is 12.8 Å². The largest absolute Gasteiger partial charge is 0.493 e. The Kier molecular flexibility index (Phi) is 5.31. The molecule has 0 saturated heterocycles. The smallest absolute Gasteiger partial charge is 0.163 e. The molecule has 0 spiro atoms. The molecule has 1 aliphatic rings. The summed E-state index contributed by atoms with van der Waals surface area (Å²) < 4.78 is 11.3. The van der Waals surface area contributed by atoms with E-state index in [9.17, 15) is 0 Å². The minimum absolute atomic E-state index is 0.410. The van der Waals surface area contributed by atoms with Crippen LogP contribution in [-0.4, -0.2) is 13.2 Å². The Morgan fingerprint density at radius 1 is 1.13 bits per heavy atom. The Labute approximate surface area is 146 Å². The highest BCUT2D eigenvalue weighted by Gasteiger charge is 2.21. The monoisotopic (exact) mass is 351 g/mol. The summed E-state index contributed by atoms with van der Waals surface area (Å²) in [5.41, 5.74) is 2.01. The van der Waals surface area contributed by atoms with Crippen LogP contribution in [0.4, 0.5) is 0 Å². The minimum Gasteiger partial charge on any atom is -0.493 e. The van der Waals surface area contributed by atoms with Gasteiger partial charge < -0.3 is 14.8 Å². The lowest BCUT2D eigenvalue weighted by atomic mass is 10.2. The maximum atomic E-state index is 6.37. The maximum absolute atomic E-state index is 6.37. The van der Waals surface area contributed by atoms with E-state index in [1.807, 2.05) is 36.4 Å². The fraction of sp³-hybridized carbons (Fsp3) is 0.333. The van der Waals surface area contributed by atoms with Gasteiger partial charge in [-0.1, -0.05) is 35.3 Å². The van der Waals surface area contributed by atoms with Crippen LogP contribution in [0, 0.1) is 0 Å². The first-order valence-corrected chi connectivity index (χ1v) is 8.38. The summed E-state index contributed by atoms with van der Waals surface area (Å²) in [5, 5.41) is 4.83. The first-order valence-electron chi connectivity index (χ1n) is 7.63. The lowest BCUT2D eigenvalue weighted by Crippen LogP contribution is -2.15. The summed E-state index contributed by atoms with van der Waals surface area (Å²) in [4.78, 5) is 0. The molecule has 0 unspecified atom stereocenters. The van der Waals surface area contributed by atoms with Gasteiger partial charge in [-0.15, -0.1) is 0 Å². The topological polar surface area (TPSA) is 30.5 Å². The Hall–Kier alpha value is -1.42.